The number of hydrogen-bond acceptors (Lipinski definition) is 4. The number of aromatic nitrogens is 3. The summed E-state index contributed by atoms with van der Waals surface area (Å²) in [4.78, 5) is 14.7. The van der Waals surface area contributed by atoms with Gasteiger partial charge in [0, 0.05) is 45.6 Å². The maximum Gasteiger partial charge on any atom is 0.160 e. The molecule has 0 fully saturated rings. The molecular formula is C56H35N3O. The molecule has 1 aliphatic heterocycles. The molecule has 1 aliphatic carbocycles. The van der Waals surface area contributed by atoms with Gasteiger partial charge >= 0.3 is 0 Å². The van der Waals surface area contributed by atoms with Gasteiger partial charge in [0.05, 0.1) is 16.8 Å². The van der Waals surface area contributed by atoms with Crippen LogP contribution >= 0.6 is 0 Å². The number of benzene rings is 8. The zero-order valence-electron chi connectivity index (χ0n) is 32.5. The van der Waals surface area contributed by atoms with Crippen molar-refractivity contribution in [2.75, 3.05) is 0 Å². The zero-order valence-corrected chi connectivity index (χ0v) is 32.5. The Morgan fingerprint density at radius 1 is 0.367 bits per heavy atom. The Morgan fingerprint density at radius 3 is 1.55 bits per heavy atom. The molecular weight excluding hydrogens is 731 g/mol. The van der Waals surface area contributed by atoms with Crippen molar-refractivity contribution in [2.24, 2.45) is 0 Å². The van der Waals surface area contributed by atoms with Crippen molar-refractivity contribution >= 4 is 10.8 Å². The van der Waals surface area contributed by atoms with E-state index in [-0.39, 0.29) is 0 Å². The summed E-state index contributed by atoms with van der Waals surface area (Å²) < 4.78 is 6.91. The molecule has 2 aromatic heterocycles. The van der Waals surface area contributed by atoms with E-state index in [0.717, 1.165) is 83.7 Å². The van der Waals surface area contributed by atoms with Crippen LogP contribution in [-0.4, -0.2) is 15.0 Å². The standard InChI is InChI=1S/C56H35N3O/c1-3-12-38(13-4-1)51-34-52(39-14-5-2-6-15-39)59-55(58-51)40-24-22-36(23-25-40)41-26-28-53-49(32-41)56(47-20-9-7-17-44(47)45-18-8-10-21-48(45)56)50-33-42(27-29-54(50)60-53)43-19-11-16-37-30-31-57-35-46(37)43/h1-35H. The molecule has 10 aromatic rings. The number of fused-ring (bicyclic) bond motifs is 10. The second-order valence-corrected chi connectivity index (χ2v) is 15.5. The van der Waals surface area contributed by atoms with Gasteiger partial charge < -0.3 is 4.74 Å². The van der Waals surface area contributed by atoms with E-state index in [9.17, 15) is 0 Å². The molecule has 12 rings (SSSR count). The summed E-state index contributed by atoms with van der Waals surface area (Å²) in [5.41, 5.74) is 15.9. The van der Waals surface area contributed by atoms with Gasteiger partial charge in [0.25, 0.3) is 0 Å². The molecule has 1 spiro atoms. The average molecular weight is 766 g/mol. The molecule has 2 aliphatic rings. The van der Waals surface area contributed by atoms with Crippen molar-refractivity contribution in [3.8, 4) is 78.8 Å². The first-order valence-corrected chi connectivity index (χ1v) is 20.3. The van der Waals surface area contributed by atoms with Crippen molar-refractivity contribution in [2.45, 2.75) is 5.41 Å². The summed E-state index contributed by atoms with van der Waals surface area (Å²) >= 11 is 0. The lowest BCUT2D eigenvalue weighted by Gasteiger charge is -2.40. The summed E-state index contributed by atoms with van der Waals surface area (Å²) in [6, 6.07) is 71.0. The maximum atomic E-state index is 6.91. The first-order valence-electron chi connectivity index (χ1n) is 20.3. The molecule has 3 heterocycles. The second kappa shape index (κ2) is 13.6. The van der Waals surface area contributed by atoms with Gasteiger partial charge in [-0.15, -0.1) is 0 Å². The number of rotatable bonds is 5. The largest absolute Gasteiger partial charge is 0.457 e. The predicted molar refractivity (Wildman–Crippen MR) is 242 cm³/mol. The Labute approximate surface area is 348 Å². The minimum atomic E-state index is -0.621. The van der Waals surface area contributed by atoms with Crippen LogP contribution in [0.25, 0.3) is 78.1 Å². The Kier molecular flexibility index (Phi) is 7.72. The molecule has 0 radical (unpaired) electrons. The van der Waals surface area contributed by atoms with Crippen LogP contribution in [0.3, 0.4) is 0 Å². The van der Waals surface area contributed by atoms with Crippen molar-refractivity contribution < 1.29 is 4.74 Å². The molecule has 0 saturated heterocycles. The lowest BCUT2D eigenvalue weighted by Crippen LogP contribution is -2.32. The number of nitrogens with zero attached hydrogens (tertiary/aromatic N) is 3. The first kappa shape index (κ1) is 34.1. The first-order chi connectivity index (χ1) is 29.7. The van der Waals surface area contributed by atoms with Crippen molar-refractivity contribution in [1.29, 1.82) is 0 Å². The van der Waals surface area contributed by atoms with Crippen LogP contribution in [0.15, 0.2) is 213 Å². The third-order valence-corrected chi connectivity index (χ3v) is 12.3. The fraction of sp³-hybridized carbons (Fsp3) is 0.0179. The SMILES string of the molecule is c1ccc(-c2cc(-c3ccccc3)nc(-c3ccc(-c4ccc5c(c4)C4(c6cc(-c7cccc8ccncc78)ccc6O5)c5ccccc5-c5ccccc54)cc3)n2)cc1. The fourth-order valence-electron chi connectivity index (χ4n) is 9.52. The smallest absolute Gasteiger partial charge is 0.160 e. The van der Waals surface area contributed by atoms with Crippen molar-refractivity contribution in [1.82, 2.24) is 15.0 Å². The van der Waals surface area contributed by atoms with Gasteiger partial charge in [0.2, 0.25) is 0 Å². The van der Waals surface area contributed by atoms with Gasteiger partial charge in [-0.3, -0.25) is 4.98 Å². The highest BCUT2D eigenvalue weighted by molar-refractivity contribution is 5.97. The molecule has 0 atom stereocenters. The normalized spacial score (nSPS) is 12.9. The van der Waals surface area contributed by atoms with Crippen molar-refractivity contribution in [3.63, 3.8) is 0 Å². The quantitative estimate of drug-likeness (QED) is 0.175. The van der Waals surface area contributed by atoms with Gasteiger partial charge in [-0.1, -0.05) is 164 Å². The number of pyridine rings is 1. The van der Waals surface area contributed by atoms with Crippen molar-refractivity contribution in [3.05, 3.63) is 235 Å². The van der Waals surface area contributed by atoms with Crippen LogP contribution in [0.1, 0.15) is 22.3 Å². The van der Waals surface area contributed by atoms with Crippen LogP contribution in [-0.2, 0) is 5.41 Å². The van der Waals surface area contributed by atoms with Gasteiger partial charge in [-0.2, -0.15) is 0 Å². The zero-order chi connectivity index (χ0) is 39.6. The fourth-order valence-corrected chi connectivity index (χ4v) is 9.52. The molecule has 60 heavy (non-hydrogen) atoms. The van der Waals surface area contributed by atoms with Gasteiger partial charge in [-0.05, 0) is 86.3 Å². The molecule has 4 nitrogen and oxygen atoms in total. The molecule has 0 unspecified atom stereocenters. The average Bonchev–Trinajstić information content (AvgIpc) is 3.62. The summed E-state index contributed by atoms with van der Waals surface area (Å²) in [7, 11) is 0. The summed E-state index contributed by atoms with van der Waals surface area (Å²) in [6.07, 6.45) is 3.83. The third kappa shape index (κ3) is 5.28. The predicted octanol–water partition coefficient (Wildman–Crippen LogP) is 13.8. The van der Waals surface area contributed by atoms with Crippen LogP contribution < -0.4 is 4.74 Å². The Balaban J connectivity index is 1.02. The van der Waals surface area contributed by atoms with E-state index in [2.05, 4.69) is 169 Å². The van der Waals surface area contributed by atoms with Crippen LogP contribution in [0, 0.1) is 0 Å². The van der Waals surface area contributed by atoms with E-state index < -0.39 is 5.41 Å². The van der Waals surface area contributed by atoms with E-state index in [4.69, 9.17) is 14.7 Å². The van der Waals surface area contributed by atoms with Gasteiger partial charge in [-0.25, -0.2) is 9.97 Å². The van der Waals surface area contributed by atoms with E-state index in [1.807, 2.05) is 48.8 Å². The van der Waals surface area contributed by atoms with Crippen LogP contribution in [0.5, 0.6) is 11.5 Å². The van der Waals surface area contributed by atoms with Gasteiger partial charge in [0.1, 0.15) is 11.5 Å². The minimum Gasteiger partial charge on any atom is -0.457 e. The number of hydrogen-bond donors (Lipinski definition) is 0. The molecule has 4 heteroatoms. The molecule has 8 aromatic carbocycles. The molecule has 0 amide bonds. The van der Waals surface area contributed by atoms with Gasteiger partial charge in [0.15, 0.2) is 5.82 Å². The third-order valence-electron chi connectivity index (χ3n) is 12.3. The van der Waals surface area contributed by atoms with Crippen LogP contribution in [0.4, 0.5) is 0 Å². The lowest BCUT2D eigenvalue weighted by molar-refractivity contribution is 0.436. The Morgan fingerprint density at radius 2 is 0.900 bits per heavy atom. The minimum absolute atomic E-state index is 0.621. The maximum absolute atomic E-state index is 6.91. The summed E-state index contributed by atoms with van der Waals surface area (Å²) in [5, 5.41) is 2.29. The van der Waals surface area contributed by atoms with E-state index in [1.165, 1.54) is 22.3 Å². The molecule has 0 saturated carbocycles. The Bertz CT molecular complexity index is 3180. The second-order valence-electron chi connectivity index (χ2n) is 15.5. The molecule has 0 bridgehead atoms. The topological polar surface area (TPSA) is 47.9 Å². The highest BCUT2D eigenvalue weighted by atomic mass is 16.5. The molecule has 280 valence electrons. The Hall–Kier alpha value is -7.95. The van der Waals surface area contributed by atoms with E-state index in [0.29, 0.717) is 5.82 Å². The monoisotopic (exact) mass is 765 g/mol. The highest BCUT2D eigenvalue weighted by Crippen LogP contribution is 2.62. The lowest BCUT2D eigenvalue weighted by atomic mass is 9.65. The van der Waals surface area contributed by atoms with E-state index >= 15 is 0 Å². The summed E-state index contributed by atoms with van der Waals surface area (Å²) in [5.74, 6) is 2.41. The van der Waals surface area contributed by atoms with Crippen LogP contribution in [0.2, 0.25) is 0 Å². The van der Waals surface area contributed by atoms with E-state index in [1.54, 1.807) is 0 Å². The molecule has 0 N–H and O–H groups in total. The number of ether oxygens (including phenoxy) is 1. The highest BCUT2D eigenvalue weighted by Gasteiger charge is 2.51. The summed E-state index contributed by atoms with van der Waals surface area (Å²) in [6.45, 7) is 0.